The number of benzene rings is 1. The Kier molecular flexibility index (Phi) is 6.00. The number of pyridine rings is 1. The molecule has 10 heteroatoms. The summed E-state index contributed by atoms with van der Waals surface area (Å²) in [5, 5.41) is 8.33. The van der Waals surface area contributed by atoms with Gasteiger partial charge >= 0.3 is 5.97 Å². The molecule has 2 heterocycles. The molecule has 0 saturated carbocycles. The minimum absolute atomic E-state index is 0.0948. The number of carbonyl (C=O) groups is 1. The molecule has 1 aromatic carbocycles. The summed E-state index contributed by atoms with van der Waals surface area (Å²) in [6.07, 6.45) is 0.852. The number of thiazole rings is 1. The van der Waals surface area contributed by atoms with Crippen molar-refractivity contribution in [2.75, 3.05) is 5.73 Å². The molecule has 26 heavy (non-hydrogen) atoms. The van der Waals surface area contributed by atoms with Crippen LogP contribution in [0.5, 0.6) is 0 Å². The maximum Gasteiger partial charge on any atom is 0.339 e. The van der Waals surface area contributed by atoms with Crippen molar-refractivity contribution >= 4 is 58.1 Å². The SMILES string of the molecule is NSc1c(N)cccc1C(OC(=O)c1cc(Cl)nc(Cl)c1)c1nccs1. The molecule has 6 nitrogen and oxygen atoms in total. The lowest BCUT2D eigenvalue weighted by molar-refractivity contribution is 0.0373. The van der Waals surface area contributed by atoms with Crippen LogP contribution in [0.15, 0.2) is 46.8 Å². The standard InChI is InChI=1S/C16H12Cl2N4O2S2/c17-11-6-8(7-12(18)22-11)16(23)24-13(15-21-4-5-25-15)9-2-1-3-10(19)14(9)26-20/h1-7,13H,19-20H2. The van der Waals surface area contributed by atoms with E-state index in [1.807, 2.05) is 0 Å². The summed E-state index contributed by atoms with van der Waals surface area (Å²) in [6.45, 7) is 0. The van der Waals surface area contributed by atoms with Crippen LogP contribution in [-0.2, 0) is 4.74 Å². The fraction of sp³-hybridized carbons (Fsp3) is 0.0625. The van der Waals surface area contributed by atoms with Gasteiger partial charge in [-0.2, -0.15) is 0 Å². The number of halogens is 2. The summed E-state index contributed by atoms with van der Waals surface area (Å²) in [5.41, 5.74) is 7.32. The molecule has 0 fully saturated rings. The predicted molar refractivity (Wildman–Crippen MR) is 105 cm³/mol. The van der Waals surface area contributed by atoms with Gasteiger partial charge in [0.05, 0.1) is 10.5 Å². The average molecular weight is 427 g/mol. The highest BCUT2D eigenvalue weighted by Crippen LogP contribution is 2.36. The quantitative estimate of drug-likeness (QED) is 0.270. The van der Waals surface area contributed by atoms with Crippen LogP contribution in [0.4, 0.5) is 5.69 Å². The zero-order valence-electron chi connectivity index (χ0n) is 13.1. The maximum absolute atomic E-state index is 12.7. The van der Waals surface area contributed by atoms with Crippen LogP contribution in [-0.4, -0.2) is 15.9 Å². The van der Waals surface area contributed by atoms with E-state index < -0.39 is 12.1 Å². The zero-order valence-corrected chi connectivity index (χ0v) is 16.2. The van der Waals surface area contributed by atoms with E-state index >= 15 is 0 Å². The maximum atomic E-state index is 12.7. The fourth-order valence-electron chi connectivity index (χ4n) is 2.28. The molecule has 4 N–H and O–H groups in total. The van der Waals surface area contributed by atoms with Crippen molar-refractivity contribution in [3.8, 4) is 0 Å². The molecule has 0 bridgehead atoms. The van der Waals surface area contributed by atoms with E-state index in [-0.39, 0.29) is 15.9 Å². The van der Waals surface area contributed by atoms with Gasteiger partial charge in [0.1, 0.15) is 15.3 Å². The van der Waals surface area contributed by atoms with E-state index in [0.717, 1.165) is 11.9 Å². The molecule has 134 valence electrons. The zero-order chi connectivity index (χ0) is 18.7. The molecule has 2 aromatic heterocycles. The van der Waals surface area contributed by atoms with Crippen molar-refractivity contribution in [2.45, 2.75) is 11.0 Å². The van der Waals surface area contributed by atoms with Crippen LogP contribution in [0, 0.1) is 0 Å². The molecule has 3 rings (SSSR count). The van der Waals surface area contributed by atoms with E-state index in [2.05, 4.69) is 9.97 Å². The molecule has 3 aromatic rings. The number of aromatic nitrogens is 2. The number of hydrogen-bond acceptors (Lipinski definition) is 8. The summed E-state index contributed by atoms with van der Waals surface area (Å²) in [7, 11) is 0. The number of ether oxygens (including phenoxy) is 1. The van der Waals surface area contributed by atoms with Gasteiger partial charge in [-0.3, -0.25) is 5.14 Å². The number of rotatable bonds is 5. The van der Waals surface area contributed by atoms with Crippen molar-refractivity contribution in [3.63, 3.8) is 0 Å². The summed E-state index contributed by atoms with van der Waals surface area (Å²) in [6, 6.07) is 8.04. The molecule has 0 spiro atoms. The number of esters is 1. The highest BCUT2D eigenvalue weighted by atomic mass is 35.5. The van der Waals surface area contributed by atoms with Crippen molar-refractivity contribution in [3.05, 3.63) is 68.3 Å². The Morgan fingerprint density at radius 3 is 2.62 bits per heavy atom. The molecule has 0 aliphatic rings. The van der Waals surface area contributed by atoms with Gasteiger partial charge in [0, 0.05) is 22.8 Å². The molecular formula is C16H12Cl2N4O2S2. The van der Waals surface area contributed by atoms with E-state index in [1.54, 1.807) is 29.8 Å². The lowest BCUT2D eigenvalue weighted by Crippen LogP contribution is -2.15. The van der Waals surface area contributed by atoms with Crippen LogP contribution in [0.25, 0.3) is 0 Å². The highest BCUT2D eigenvalue weighted by molar-refractivity contribution is 7.97. The van der Waals surface area contributed by atoms with Crippen molar-refractivity contribution in [2.24, 2.45) is 5.14 Å². The second kappa shape index (κ2) is 8.24. The third-order valence-electron chi connectivity index (χ3n) is 3.38. The molecule has 0 amide bonds. The lowest BCUT2D eigenvalue weighted by Gasteiger charge is -2.19. The number of anilines is 1. The van der Waals surface area contributed by atoms with E-state index in [4.69, 9.17) is 38.8 Å². The van der Waals surface area contributed by atoms with Gasteiger partial charge < -0.3 is 10.5 Å². The minimum Gasteiger partial charge on any atom is -0.446 e. The van der Waals surface area contributed by atoms with Crippen molar-refractivity contribution < 1.29 is 9.53 Å². The van der Waals surface area contributed by atoms with Gasteiger partial charge in [0.25, 0.3) is 0 Å². The van der Waals surface area contributed by atoms with E-state index in [0.29, 0.717) is 21.2 Å². The van der Waals surface area contributed by atoms with Gasteiger partial charge in [-0.25, -0.2) is 14.8 Å². The number of nitrogen functional groups attached to an aromatic ring is 1. The molecule has 1 unspecified atom stereocenters. The van der Waals surface area contributed by atoms with Crippen molar-refractivity contribution in [1.29, 1.82) is 0 Å². The second-order valence-electron chi connectivity index (χ2n) is 5.04. The van der Waals surface area contributed by atoms with Crippen LogP contribution >= 0.6 is 46.5 Å². The Morgan fingerprint density at radius 2 is 2.00 bits per heavy atom. The Hall–Kier alpha value is -1.84. The molecule has 1 atom stereocenters. The smallest absolute Gasteiger partial charge is 0.339 e. The summed E-state index contributed by atoms with van der Waals surface area (Å²) in [5.74, 6) is -0.619. The van der Waals surface area contributed by atoms with E-state index in [1.165, 1.54) is 23.5 Å². The largest absolute Gasteiger partial charge is 0.446 e. The normalized spacial score (nSPS) is 12.0. The first-order valence-corrected chi connectivity index (χ1v) is 9.69. The highest BCUT2D eigenvalue weighted by Gasteiger charge is 2.26. The van der Waals surface area contributed by atoms with Crippen LogP contribution in [0.2, 0.25) is 10.3 Å². The first-order valence-electron chi connectivity index (χ1n) is 7.18. The van der Waals surface area contributed by atoms with Crippen molar-refractivity contribution in [1.82, 2.24) is 9.97 Å². The first kappa shape index (κ1) is 18.9. The summed E-state index contributed by atoms with van der Waals surface area (Å²) >= 11 is 14.1. The Bertz CT molecular complexity index is 918. The third kappa shape index (κ3) is 4.11. The first-order chi connectivity index (χ1) is 12.5. The number of nitrogens with two attached hydrogens (primary N) is 2. The summed E-state index contributed by atoms with van der Waals surface area (Å²) < 4.78 is 5.71. The topological polar surface area (TPSA) is 104 Å². The van der Waals surface area contributed by atoms with Crippen LogP contribution < -0.4 is 10.9 Å². The monoisotopic (exact) mass is 426 g/mol. The van der Waals surface area contributed by atoms with Gasteiger partial charge in [-0.05, 0) is 30.1 Å². The number of hydrogen-bond donors (Lipinski definition) is 2. The number of nitrogens with zero attached hydrogens (tertiary/aromatic N) is 2. The van der Waals surface area contributed by atoms with Gasteiger partial charge in [0.15, 0.2) is 6.10 Å². The molecule has 0 aliphatic heterocycles. The Morgan fingerprint density at radius 1 is 1.27 bits per heavy atom. The second-order valence-corrected chi connectivity index (χ2v) is 7.38. The minimum atomic E-state index is -0.775. The Balaban J connectivity index is 2.01. The molecule has 0 radical (unpaired) electrons. The van der Waals surface area contributed by atoms with Gasteiger partial charge in [-0.1, -0.05) is 35.3 Å². The number of carbonyl (C=O) groups excluding carboxylic acids is 1. The molecule has 0 aliphatic carbocycles. The lowest BCUT2D eigenvalue weighted by atomic mass is 10.1. The molecular weight excluding hydrogens is 415 g/mol. The fourth-order valence-corrected chi connectivity index (χ4v) is 3.94. The average Bonchev–Trinajstić information content (AvgIpc) is 3.12. The predicted octanol–water partition coefficient (Wildman–Crippen LogP) is 4.34. The molecule has 0 saturated heterocycles. The van der Waals surface area contributed by atoms with Crippen LogP contribution in [0.3, 0.4) is 0 Å². The summed E-state index contributed by atoms with van der Waals surface area (Å²) in [4.78, 5) is 21.4. The third-order valence-corrected chi connectivity index (χ3v) is 5.29. The Labute approximate surface area is 167 Å². The van der Waals surface area contributed by atoms with Gasteiger partial charge in [0.2, 0.25) is 0 Å². The van der Waals surface area contributed by atoms with E-state index in [9.17, 15) is 4.79 Å². The van der Waals surface area contributed by atoms with Gasteiger partial charge in [-0.15, -0.1) is 11.3 Å². The van der Waals surface area contributed by atoms with Crippen LogP contribution in [0.1, 0.15) is 27.0 Å².